The quantitative estimate of drug-likeness (QED) is 0.406. The number of rotatable bonds is 9. The summed E-state index contributed by atoms with van der Waals surface area (Å²) >= 11 is 0. The number of aryl methyl sites for hydroxylation is 1. The van der Waals surface area contributed by atoms with E-state index in [1.807, 2.05) is 0 Å². The van der Waals surface area contributed by atoms with Gasteiger partial charge in [-0.05, 0) is 61.6 Å². The van der Waals surface area contributed by atoms with Crippen molar-refractivity contribution in [3.05, 3.63) is 47.3 Å². The summed E-state index contributed by atoms with van der Waals surface area (Å²) in [5, 5.41) is 12.3. The van der Waals surface area contributed by atoms with Gasteiger partial charge < -0.3 is 19.7 Å². The van der Waals surface area contributed by atoms with Gasteiger partial charge in [-0.1, -0.05) is 0 Å². The fraction of sp³-hybridized carbons (Fsp3) is 0.385. The highest BCUT2D eigenvalue weighted by Gasteiger charge is 2.33. The molecule has 2 N–H and O–H groups in total. The Kier molecular flexibility index (Phi) is 7.91. The molecule has 1 aliphatic heterocycles. The van der Waals surface area contributed by atoms with Gasteiger partial charge in [0, 0.05) is 32.6 Å². The smallest absolute Gasteiger partial charge is 0.326 e. The topological polar surface area (TPSA) is 150 Å². The number of sulfonamides is 1. The fourth-order valence-electron chi connectivity index (χ4n) is 4.72. The number of nitrogens with one attached hydrogen (secondary N) is 1. The van der Waals surface area contributed by atoms with Crippen LogP contribution in [0.2, 0.25) is 0 Å². The molecular formula is C26H29FN4O7S. The molecule has 0 saturated carbocycles. The molecule has 3 heterocycles. The number of likely N-dealkylation sites (tertiary alicyclic amines) is 1. The predicted molar refractivity (Wildman–Crippen MR) is 141 cm³/mol. The van der Waals surface area contributed by atoms with Crippen LogP contribution in [-0.2, 0) is 26.0 Å². The van der Waals surface area contributed by atoms with Crippen molar-refractivity contribution in [3.8, 4) is 11.3 Å². The zero-order valence-electron chi connectivity index (χ0n) is 21.7. The summed E-state index contributed by atoms with van der Waals surface area (Å²) < 4.78 is 45.2. The Balaban J connectivity index is 1.74. The van der Waals surface area contributed by atoms with Gasteiger partial charge in [0.1, 0.15) is 23.4 Å². The molecule has 0 spiro atoms. The molecule has 1 aliphatic rings. The predicted octanol–water partition coefficient (Wildman–Crippen LogP) is 2.79. The van der Waals surface area contributed by atoms with E-state index in [1.54, 1.807) is 6.07 Å². The number of carboxylic acid groups (broad SMARTS) is 1. The third-order valence-electron chi connectivity index (χ3n) is 6.79. The molecule has 1 fully saturated rings. The molecule has 1 saturated heterocycles. The number of halogens is 1. The molecule has 0 aliphatic carbocycles. The second-order valence-electron chi connectivity index (χ2n) is 9.38. The van der Waals surface area contributed by atoms with E-state index in [2.05, 4.69) is 10.3 Å². The van der Waals surface area contributed by atoms with Gasteiger partial charge in [-0.2, -0.15) is 4.98 Å². The number of carboxylic acids is 1. The summed E-state index contributed by atoms with van der Waals surface area (Å²) in [6.07, 6.45) is 2.61. The minimum atomic E-state index is -3.73. The number of anilines is 1. The highest BCUT2D eigenvalue weighted by atomic mass is 32.2. The zero-order chi connectivity index (χ0) is 28.5. The molecule has 2 amide bonds. The average molecular weight is 561 g/mol. The molecule has 11 nitrogen and oxygen atoms in total. The number of carbonyl (C=O) groups excluding carboxylic acids is 2. The number of nitrogens with zero attached hydrogens (tertiary/aromatic N) is 3. The van der Waals surface area contributed by atoms with E-state index in [0.29, 0.717) is 35.9 Å². The normalized spacial score (nSPS) is 15.5. The van der Waals surface area contributed by atoms with Gasteiger partial charge >= 0.3 is 5.97 Å². The maximum absolute atomic E-state index is 13.5. The minimum Gasteiger partial charge on any atom is -0.480 e. The minimum absolute atomic E-state index is 0.0135. The van der Waals surface area contributed by atoms with Crippen LogP contribution in [0.3, 0.4) is 0 Å². The molecule has 3 aromatic rings. The van der Waals surface area contributed by atoms with Crippen LogP contribution in [0.15, 0.2) is 34.7 Å². The Hall–Kier alpha value is -4.00. The molecule has 1 atom stereocenters. The number of furan rings is 1. The van der Waals surface area contributed by atoms with E-state index in [1.165, 1.54) is 43.3 Å². The molecule has 0 radical (unpaired) electrons. The first kappa shape index (κ1) is 28.0. The second-order valence-corrected chi connectivity index (χ2v) is 11.4. The van der Waals surface area contributed by atoms with Crippen LogP contribution in [-0.4, -0.2) is 74.1 Å². The van der Waals surface area contributed by atoms with Crippen molar-refractivity contribution in [1.82, 2.24) is 15.2 Å². The first-order valence-corrected chi connectivity index (χ1v) is 14.2. The monoisotopic (exact) mass is 560 g/mol. The lowest BCUT2D eigenvalue weighted by atomic mass is 10.0. The van der Waals surface area contributed by atoms with Crippen LogP contribution in [0, 0.1) is 5.82 Å². The summed E-state index contributed by atoms with van der Waals surface area (Å²) in [4.78, 5) is 42.9. The summed E-state index contributed by atoms with van der Waals surface area (Å²) in [5.74, 6) is -2.05. The fourth-order valence-corrected chi connectivity index (χ4v) is 5.19. The second kappa shape index (κ2) is 11.0. The average Bonchev–Trinajstić information content (AvgIpc) is 3.52. The Morgan fingerprint density at radius 3 is 2.56 bits per heavy atom. The number of pyridine rings is 1. The molecule has 0 bridgehead atoms. The van der Waals surface area contributed by atoms with E-state index in [9.17, 15) is 32.3 Å². The van der Waals surface area contributed by atoms with E-state index >= 15 is 0 Å². The van der Waals surface area contributed by atoms with Crippen molar-refractivity contribution >= 4 is 44.7 Å². The van der Waals surface area contributed by atoms with Crippen LogP contribution in [0.25, 0.3) is 22.4 Å². The molecule has 13 heteroatoms. The van der Waals surface area contributed by atoms with Gasteiger partial charge in [0.15, 0.2) is 0 Å². The van der Waals surface area contributed by atoms with E-state index in [-0.39, 0.29) is 48.0 Å². The van der Waals surface area contributed by atoms with Gasteiger partial charge in [-0.15, -0.1) is 0 Å². The first-order valence-electron chi connectivity index (χ1n) is 12.3. The van der Waals surface area contributed by atoms with Crippen LogP contribution in [0.1, 0.15) is 41.6 Å². The number of hydrogen-bond donors (Lipinski definition) is 2. The Labute approximate surface area is 224 Å². The summed E-state index contributed by atoms with van der Waals surface area (Å²) in [6.45, 7) is 0.377. The molecule has 2 aromatic heterocycles. The Morgan fingerprint density at radius 1 is 1.26 bits per heavy atom. The van der Waals surface area contributed by atoms with Crippen LogP contribution in [0.5, 0.6) is 0 Å². The van der Waals surface area contributed by atoms with Gasteiger partial charge in [0.05, 0.1) is 17.2 Å². The largest absolute Gasteiger partial charge is 0.480 e. The van der Waals surface area contributed by atoms with Crippen LogP contribution < -0.4 is 9.62 Å². The number of fused-ring (bicyclic) bond motifs is 1. The SMILES string of the molecule is CNC(=O)c1c(-c2ccc(F)cc2)oc2nc(N(C)S(C)(=O)=O)c(CCCC(=O)N3CCCC3C(=O)O)cc12. The molecule has 4 rings (SSSR count). The van der Waals surface area contributed by atoms with Gasteiger partial charge in [0.2, 0.25) is 21.6 Å². The lowest BCUT2D eigenvalue weighted by Crippen LogP contribution is -2.40. The van der Waals surface area contributed by atoms with Crippen molar-refractivity contribution in [2.75, 3.05) is 31.2 Å². The number of aliphatic carboxylic acids is 1. The number of hydrogen-bond acceptors (Lipinski definition) is 7. The third-order valence-corrected chi connectivity index (χ3v) is 7.96. The van der Waals surface area contributed by atoms with Gasteiger partial charge in [-0.25, -0.2) is 17.6 Å². The zero-order valence-corrected chi connectivity index (χ0v) is 22.5. The molecule has 1 aromatic carbocycles. The number of aromatic nitrogens is 1. The van der Waals surface area contributed by atoms with Crippen molar-refractivity contribution in [3.63, 3.8) is 0 Å². The third kappa shape index (κ3) is 5.72. The Morgan fingerprint density at radius 2 is 1.95 bits per heavy atom. The van der Waals surface area contributed by atoms with Gasteiger partial charge in [-0.3, -0.25) is 13.9 Å². The first-order chi connectivity index (χ1) is 18.4. The summed E-state index contributed by atoms with van der Waals surface area (Å²) in [5.41, 5.74) is 1.05. The standard InChI is InChI=1S/C26H29FN4O7S/c1-28-24(33)21-18-14-16(6-4-8-20(32)31-13-5-7-19(31)26(34)35)23(30(2)39(3,36)37)29-25(18)38-22(21)15-9-11-17(27)12-10-15/h9-12,14,19H,4-8,13H2,1-3H3,(H,28,33)(H,34,35). The molecular weight excluding hydrogens is 531 g/mol. The highest BCUT2D eigenvalue weighted by Crippen LogP contribution is 2.36. The van der Waals surface area contributed by atoms with Gasteiger partial charge in [0.25, 0.3) is 5.91 Å². The van der Waals surface area contributed by atoms with E-state index in [0.717, 1.165) is 10.6 Å². The van der Waals surface area contributed by atoms with Crippen molar-refractivity contribution in [2.24, 2.45) is 0 Å². The molecule has 1 unspecified atom stereocenters. The summed E-state index contributed by atoms with van der Waals surface area (Å²) in [7, 11) is -0.947. The maximum atomic E-state index is 13.5. The van der Waals surface area contributed by atoms with Crippen LogP contribution in [0.4, 0.5) is 10.2 Å². The summed E-state index contributed by atoms with van der Waals surface area (Å²) in [6, 6.07) is 6.14. The van der Waals surface area contributed by atoms with Crippen molar-refractivity contribution < 1.29 is 36.7 Å². The number of carbonyl (C=O) groups is 3. The lowest BCUT2D eigenvalue weighted by Gasteiger charge is -2.22. The lowest BCUT2D eigenvalue weighted by molar-refractivity contribution is -0.148. The number of benzene rings is 1. The molecule has 208 valence electrons. The maximum Gasteiger partial charge on any atom is 0.326 e. The van der Waals surface area contributed by atoms with Crippen LogP contribution >= 0.6 is 0 Å². The van der Waals surface area contributed by atoms with Crippen molar-refractivity contribution in [2.45, 2.75) is 38.1 Å². The van der Waals surface area contributed by atoms with E-state index < -0.39 is 33.8 Å². The van der Waals surface area contributed by atoms with E-state index in [4.69, 9.17) is 4.42 Å². The number of amides is 2. The molecule has 39 heavy (non-hydrogen) atoms. The Bertz CT molecular complexity index is 1540. The highest BCUT2D eigenvalue weighted by molar-refractivity contribution is 7.92. The van der Waals surface area contributed by atoms with Crippen molar-refractivity contribution in [1.29, 1.82) is 0 Å².